The number of carbonyl (C=O) groups excluding carboxylic acids is 1. The van der Waals surface area contributed by atoms with E-state index in [0.717, 1.165) is 25.9 Å². The fourth-order valence-corrected chi connectivity index (χ4v) is 4.59. The molecule has 0 aromatic heterocycles. The Hall–Kier alpha value is -1.11. The van der Waals surface area contributed by atoms with Crippen molar-refractivity contribution in [1.29, 1.82) is 0 Å². The summed E-state index contributed by atoms with van der Waals surface area (Å²) in [6.45, 7) is 13.2. The van der Waals surface area contributed by atoms with Gasteiger partial charge in [0.25, 0.3) is 0 Å². The molecule has 6 heteroatoms. The number of carbonyl (C=O) groups is 1. The van der Waals surface area contributed by atoms with Crippen LogP contribution in [0.5, 0.6) is 0 Å². The zero-order valence-corrected chi connectivity index (χ0v) is 18.4. The summed E-state index contributed by atoms with van der Waals surface area (Å²) in [6, 6.07) is 0.0590. The van der Waals surface area contributed by atoms with Crippen LogP contribution in [0.4, 0.5) is 4.79 Å². The van der Waals surface area contributed by atoms with Crippen molar-refractivity contribution in [3.05, 3.63) is 11.6 Å². The van der Waals surface area contributed by atoms with Gasteiger partial charge < -0.3 is 24.3 Å². The van der Waals surface area contributed by atoms with Crippen molar-refractivity contribution in [3.63, 3.8) is 0 Å². The number of hydrogen-bond acceptors (Lipinski definition) is 5. The fraction of sp³-hybridized carbons (Fsp3) is 0.864. The SMILES string of the molecule is COC1C(OC(=O)N[C@@H](C)C(C)C)CC[C@]2(CO2)C1[C@@]1(C)O[C@@H]1CC=C(C)C. The van der Waals surface area contributed by atoms with Crippen molar-refractivity contribution < 1.29 is 23.7 Å². The topological polar surface area (TPSA) is 72.6 Å². The Morgan fingerprint density at radius 2 is 2.00 bits per heavy atom. The van der Waals surface area contributed by atoms with Gasteiger partial charge in [-0.05, 0) is 52.9 Å². The molecule has 3 unspecified atom stereocenters. The largest absolute Gasteiger partial charge is 0.443 e. The number of nitrogens with one attached hydrogen (secondary N) is 1. The lowest BCUT2D eigenvalue weighted by Crippen LogP contribution is -2.56. The lowest BCUT2D eigenvalue weighted by Gasteiger charge is -2.42. The van der Waals surface area contributed by atoms with E-state index in [1.807, 2.05) is 6.92 Å². The highest BCUT2D eigenvalue weighted by Crippen LogP contribution is 2.59. The van der Waals surface area contributed by atoms with E-state index in [1.54, 1.807) is 7.11 Å². The quantitative estimate of drug-likeness (QED) is 0.524. The lowest BCUT2D eigenvalue weighted by atomic mass is 9.68. The standard InChI is InChI=1S/C22H37NO5/c1-13(2)8-9-17-21(6,28-17)19-18(25-7)16(10-11-22(19)12-26-22)27-20(24)23-15(5)14(3)4/h8,14-19H,9-12H2,1-7H3,(H,23,24)/t15-,16?,17+,18?,19?,21-,22-/m0/s1. The van der Waals surface area contributed by atoms with Gasteiger partial charge in [0.15, 0.2) is 0 Å². The molecule has 3 rings (SSSR count). The van der Waals surface area contributed by atoms with E-state index in [-0.39, 0.29) is 47.6 Å². The Bertz CT molecular complexity index is 610. The van der Waals surface area contributed by atoms with Gasteiger partial charge in [-0.1, -0.05) is 25.5 Å². The summed E-state index contributed by atoms with van der Waals surface area (Å²) in [4.78, 5) is 12.4. The van der Waals surface area contributed by atoms with Gasteiger partial charge in [-0.15, -0.1) is 0 Å². The first-order valence-electron chi connectivity index (χ1n) is 10.6. The molecule has 0 aromatic carbocycles. The van der Waals surface area contributed by atoms with Crippen LogP contribution in [0.2, 0.25) is 0 Å². The molecule has 0 aromatic rings. The van der Waals surface area contributed by atoms with Crippen LogP contribution in [0.1, 0.15) is 60.8 Å². The van der Waals surface area contributed by atoms with Crippen LogP contribution in [-0.2, 0) is 18.9 Å². The normalized spacial score (nSPS) is 40.1. The average molecular weight is 396 g/mol. The monoisotopic (exact) mass is 395 g/mol. The van der Waals surface area contributed by atoms with Gasteiger partial charge in [0.1, 0.15) is 23.4 Å². The molecule has 7 atom stereocenters. The minimum absolute atomic E-state index is 0.0506. The second-order valence-corrected chi connectivity index (χ2v) is 9.50. The number of rotatable bonds is 7. The first-order valence-corrected chi connectivity index (χ1v) is 10.6. The summed E-state index contributed by atoms with van der Waals surface area (Å²) < 4.78 is 23.9. The van der Waals surface area contributed by atoms with Crippen LogP contribution >= 0.6 is 0 Å². The highest BCUT2D eigenvalue weighted by atomic mass is 16.6. The number of amides is 1. The maximum atomic E-state index is 12.4. The van der Waals surface area contributed by atoms with Crippen LogP contribution in [-0.4, -0.2) is 55.4 Å². The molecular formula is C22H37NO5. The van der Waals surface area contributed by atoms with Crippen LogP contribution in [0.15, 0.2) is 11.6 Å². The van der Waals surface area contributed by atoms with Gasteiger partial charge in [0.05, 0.1) is 18.6 Å². The van der Waals surface area contributed by atoms with Gasteiger partial charge in [0.2, 0.25) is 0 Å². The van der Waals surface area contributed by atoms with E-state index in [2.05, 4.69) is 46.0 Å². The molecule has 6 nitrogen and oxygen atoms in total. The smallest absolute Gasteiger partial charge is 0.407 e. The van der Waals surface area contributed by atoms with Crippen molar-refractivity contribution in [2.45, 2.75) is 96.4 Å². The molecule has 28 heavy (non-hydrogen) atoms. The van der Waals surface area contributed by atoms with Crippen molar-refractivity contribution in [2.75, 3.05) is 13.7 Å². The van der Waals surface area contributed by atoms with Crippen molar-refractivity contribution in [2.24, 2.45) is 11.8 Å². The number of hydrogen-bond donors (Lipinski definition) is 1. The number of allylic oxidation sites excluding steroid dienone is 1. The first-order chi connectivity index (χ1) is 13.1. The van der Waals surface area contributed by atoms with E-state index in [0.29, 0.717) is 5.92 Å². The molecule has 3 fully saturated rings. The molecule has 1 N–H and O–H groups in total. The van der Waals surface area contributed by atoms with E-state index >= 15 is 0 Å². The predicted octanol–water partition coefficient (Wildman–Crippen LogP) is 3.83. The molecule has 2 saturated heterocycles. The van der Waals surface area contributed by atoms with E-state index in [9.17, 15) is 4.79 Å². The maximum absolute atomic E-state index is 12.4. The van der Waals surface area contributed by atoms with Crippen LogP contribution < -0.4 is 5.32 Å². The van der Waals surface area contributed by atoms with Gasteiger partial charge in [-0.2, -0.15) is 0 Å². The fourth-order valence-electron chi connectivity index (χ4n) is 4.59. The first kappa shape index (κ1) is 21.6. The minimum Gasteiger partial charge on any atom is -0.443 e. The molecular weight excluding hydrogens is 358 g/mol. The van der Waals surface area contributed by atoms with E-state index in [1.165, 1.54) is 5.57 Å². The van der Waals surface area contributed by atoms with E-state index in [4.69, 9.17) is 18.9 Å². The molecule has 0 bridgehead atoms. The van der Waals surface area contributed by atoms with Gasteiger partial charge in [-0.3, -0.25) is 0 Å². The van der Waals surface area contributed by atoms with Crippen molar-refractivity contribution in [3.8, 4) is 0 Å². The minimum atomic E-state index is -0.373. The maximum Gasteiger partial charge on any atom is 0.407 e. The summed E-state index contributed by atoms with van der Waals surface area (Å²) in [5, 5.41) is 2.93. The predicted molar refractivity (Wildman–Crippen MR) is 107 cm³/mol. The zero-order valence-electron chi connectivity index (χ0n) is 18.4. The highest BCUT2D eigenvalue weighted by Gasteiger charge is 2.72. The number of epoxide rings is 2. The Balaban J connectivity index is 1.71. The highest BCUT2D eigenvalue weighted by molar-refractivity contribution is 5.67. The molecule has 2 aliphatic heterocycles. The second-order valence-electron chi connectivity index (χ2n) is 9.50. The molecule has 3 aliphatic rings. The molecule has 1 spiro atoms. The summed E-state index contributed by atoms with van der Waals surface area (Å²) in [6.07, 6.45) is 3.96. The third kappa shape index (κ3) is 4.24. The van der Waals surface area contributed by atoms with E-state index < -0.39 is 0 Å². The average Bonchev–Trinajstić information content (AvgIpc) is 3.52. The summed E-state index contributed by atoms with van der Waals surface area (Å²) in [5.41, 5.74) is 0.781. The molecule has 0 radical (unpaired) electrons. The Labute approximate surface area is 169 Å². The van der Waals surface area contributed by atoms with Gasteiger partial charge >= 0.3 is 6.09 Å². The third-order valence-electron chi connectivity index (χ3n) is 6.84. The van der Waals surface area contributed by atoms with Crippen molar-refractivity contribution in [1.82, 2.24) is 5.32 Å². The van der Waals surface area contributed by atoms with Crippen LogP contribution in [0, 0.1) is 11.8 Å². The summed E-state index contributed by atoms with van der Waals surface area (Å²) >= 11 is 0. The summed E-state index contributed by atoms with van der Waals surface area (Å²) in [7, 11) is 1.70. The molecule has 1 amide bonds. The Morgan fingerprint density at radius 1 is 1.32 bits per heavy atom. The van der Waals surface area contributed by atoms with Gasteiger partial charge in [0, 0.05) is 13.2 Å². The Kier molecular flexibility index (Phi) is 6.14. The molecule has 2 heterocycles. The number of methoxy groups -OCH3 is 1. The van der Waals surface area contributed by atoms with Crippen LogP contribution in [0.25, 0.3) is 0 Å². The second kappa shape index (κ2) is 7.96. The number of ether oxygens (including phenoxy) is 4. The van der Waals surface area contributed by atoms with Gasteiger partial charge in [-0.25, -0.2) is 4.79 Å². The number of alkyl carbamates (subject to hydrolysis) is 1. The molecule has 1 aliphatic carbocycles. The zero-order chi connectivity index (χ0) is 20.7. The Morgan fingerprint density at radius 3 is 2.54 bits per heavy atom. The molecule has 160 valence electrons. The molecule has 1 saturated carbocycles. The van der Waals surface area contributed by atoms with Crippen molar-refractivity contribution >= 4 is 6.09 Å². The summed E-state index contributed by atoms with van der Waals surface area (Å²) in [5.74, 6) is 0.400. The third-order valence-corrected chi connectivity index (χ3v) is 6.84. The lowest BCUT2D eigenvalue weighted by molar-refractivity contribution is -0.118. The van der Waals surface area contributed by atoms with Crippen LogP contribution in [0.3, 0.4) is 0 Å².